The number of amides is 1. The summed E-state index contributed by atoms with van der Waals surface area (Å²) in [6.07, 6.45) is 0.746. The van der Waals surface area contributed by atoms with Crippen LogP contribution >= 0.6 is 0 Å². The monoisotopic (exact) mass is 545 g/mol. The maximum absolute atomic E-state index is 14.5. The van der Waals surface area contributed by atoms with E-state index in [0.717, 1.165) is 34.4 Å². The summed E-state index contributed by atoms with van der Waals surface area (Å²) in [5.41, 5.74) is 7.23. The summed E-state index contributed by atoms with van der Waals surface area (Å²) >= 11 is 0. The van der Waals surface area contributed by atoms with Crippen molar-refractivity contribution in [1.82, 2.24) is 14.7 Å². The maximum Gasteiger partial charge on any atom is 0.272 e. The molecule has 1 amide bonds. The lowest BCUT2D eigenvalue weighted by atomic mass is 10.1. The SMILES string of the molecule is COc1ccc(-c2cc(C(=O)N(CCc3ccccc3)Cc3ccccc3)n(-c3ccc(C)cc3C)n2)c(OC)c1. The van der Waals surface area contributed by atoms with Crippen molar-refractivity contribution in [2.75, 3.05) is 20.8 Å². The quantitative estimate of drug-likeness (QED) is 0.189. The van der Waals surface area contributed by atoms with Crippen molar-refractivity contribution in [1.29, 1.82) is 0 Å². The Morgan fingerprint density at radius 3 is 2.17 bits per heavy atom. The fraction of sp³-hybridized carbons (Fsp3) is 0.200. The second kappa shape index (κ2) is 12.6. The van der Waals surface area contributed by atoms with Crippen molar-refractivity contribution in [2.45, 2.75) is 26.8 Å². The highest BCUT2D eigenvalue weighted by molar-refractivity contribution is 5.94. The van der Waals surface area contributed by atoms with Crippen LogP contribution in [0.5, 0.6) is 11.5 Å². The molecular weight excluding hydrogens is 510 g/mol. The van der Waals surface area contributed by atoms with Crippen LogP contribution in [0.1, 0.15) is 32.7 Å². The number of carbonyl (C=O) groups excluding carboxylic acids is 1. The van der Waals surface area contributed by atoms with Crippen LogP contribution in [0.3, 0.4) is 0 Å². The predicted octanol–water partition coefficient (Wildman–Crippen LogP) is 7.06. The molecule has 5 aromatic rings. The van der Waals surface area contributed by atoms with E-state index in [4.69, 9.17) is 14.6 Å². The third kappa shape index (κ3) is 6.33. The van der Waals surface area contributed by atoms with Gasteiger partial charge < -0.3 is 14.4 Å². The van der Waals surface area contributed by atoms with Crippen LogP contribution in [0.15, 0.2) is 103 Å². The summed E-state index contributed by atoms with van der Waals surface area (Å²) in [5.74, 6) is 1.22. The second-order valence-electron chi connectivity index (χ2n) is 10.1. The molecule has 0 radical (unpaired) electrons. The molecule has 1 aromatic heterocycles. The number of hydrogen-bond donors (Lipinski definition) is 0. The van der Waals surface area contributed by atoms with Gasteiger partial charge in [-0.15, -0.1) is 0 Å². The van der Waals surface area contributed by atoms with E-state index in [1.54, 1.807) is 18.9 Å². The Labute approximate surface area is 241 Å². The molecule has 5 rings (SSSR count). The molecule has 0 unspecified atom stereocenters. The Balaban J connectivity index is 1.60. The number of aromatic nitrogens is 2. The zero-order chi connectivity index (χ0) is 28.8. The van der Waals surface area contributed by atoms with Gasteiger partial charge in [-0.05, 0) is 61.2 Å². The highest BCUT2D eigenvalue weighted by Crippen LogP contribution is 2.34. The summed E-state index contributed by atoms with van der Waals surface area (Å²) in [6.45, 7) is 5.16. The molecule has 1 heterocycles. The molecule has 4 aromatic carbocycles. The van der Waals surface area contributed by atoms with E-state index >= 15 is 0 Å². The van der Waals surface area contributed by atoms with Crippen molar-refractivity contribution in [3.63, 3.8) is 0 Å². The minimum atomic E-state index is -0.0870. The first kappa shape index (κ1) is 27.7. The van der Waals surface area contributed by atoms with Crippen molar-refractivity contribution in [3.8, 4) is 28.4 Å². The van der Waals surface area contributed by atoms with E-state index < -0.39 is 0 Å². The lowest BCUT2D eigenvalue weighted by Crippen LogP contribution is -2.34. The zero-order valence-electron chi connectivity index (χ0n) is 24.0. The van der Waals surface area contributed by atoms with Crippen LogP contribution < -0.4 is 9.47 Å². The van der Waals surface area contributed by atoms with Gasteiger partial charge in [0.15, 0.2) is 0 Å². The number of hydrogen-bond acceptors (Lipinski definition) is 4. The summed E-state index contributed by atoms with van der Waals surface area (Å²) in [4.78, 5) is 16.4. The lowest BCUT2D eigenvalue weighted by molar-refractivity contribution is 0.0736. The molecule has 0 bridgehead atoms. The molecule has 0 atom stereocenters. The largest absolute Gasteiger partial charge is 0.497 e. The van der Waals surface area contributed by atoms with E-state index in [0.29, 0.717) is 36.0 Å². The Kier molecular flexibility index (Phi) is 8.49. The molecule has 6 nitrogen and oxygen atoms in total. The highest BCUT2D eigenvalue weighted by Gasteiger charge is 2.25. The van der Waals surface area contributed by atoms with Crippen LogP contribution in [-0.2, 0) is 13.0 Å². The fourth-order valence-electron chi connectivity index (χ4n) is 5.03. The Morgan fingerprint density at radius 2 is 1.51 bits per heavy atom. The summed E-state index contributed by atoms with van der Waals surface area (Å²) in [6, 6.07) is 34.0. The second-order valence-corrected chi connectivity index (χ2v) is 10.1. The van der Waals surface area contributed by atoms with Crippen LogP contribution in [0.25, 0.3) is 16.9 Å². The predicted molar refractivity (Wildman–Crippen MR) is 163 cm³/mol. The third-order valence-electron chi connectivity index (χ3n) is 7.21. The van der Waals surface area contributed by atoms with Gasteiger partial charge in [0.2, 0.25) is 0 Å². The number of carbonyl (C=O) groups is 1. The number of nitrogens with zero attached hydrogens (tertiary/aromatic N) is 3. The van der Waals surface area contributed by atoms with E-state index in [9.17, 15) is 4.79 Å². The molecule has 41 heavy (non-hydrogen) atoms. The topological polar surface area (TPSA) is 56.6 Å². The first-order chi connectivity index (χ1) is 20.0. The van der Waals surface area contributed by atoms with Gasteiger partial charge in [-0.2, -0.15) is 5.10 Å². The molecule has 6 heteroatoms. The molecule has 0 aliphatic carbocycles. The van der Waals surface area contributed by atoms with Crippen molar-refractivity contribution in [3.05, 3.63) is 131 Å². The van der Waals surface area contributed by atoms with Crippen LogP contribution in [0, 0.1) is 13.8 Å². The normalized spacial score (nSPS) is 10.8. The van der Waals surface area contributed by atoms with Gasteiger partial charge in [0, 0.05) is 24.7 Å². The molecular formula is C35H35N3O3. The van der Waals surface area contributed by atoms with Gasteiger partial charge in [-0.3, -0.25) is 4.79 Å². The van der Waals surface area contributed by atoms with Gasteiger partial charge in [-0.1, -0.05) is 78.4 Å². The first-order valence-corrected chi connectivity index (χ1v) is 13.7. The molecule has 0 spiro atoms. The maximum atomic E-state index is 14.5. The summed E-state index contributed by atoms with van der Waals surface area (Å²) in [5, 5.41) is 4.98. The third-order valence-corrected chi connectivity index (χ3v) is 7.21. The van der Waals surface area contributed by atoms with Gasteiger partial charge in [0.1, 0.15) is 17.2 Å². The Bertz CT molecular complexity index is 1630. The summed E-state index contributed by atoms with van der Waals surface area (Å²) < 4.78 is 12.9. The molecule has 0 aliphatic heterocycles. The van der Waals surface area contributed by atoms with Crippen molar-refractivity contribution >= 4 is 5.91 Å². The average Bonchev–Trinajstić information content (AvgIpc) is 3.44. The molecule has 208 valence electrons. The molecule has 0 N–H and O–H groups in total. The van der Waals surface area contributed by atoms with Gasteiger partial charge in [0.05, 0.1) is 25.6 Å². The van der Waals surface area contributed by atoms with E-state index in [1.165, 1.54) is 5.56 Å². The summed E-state index contributed by atoms with van der Waals surface area (Å²) in [7, 11) is 3.24. The standard InChI is InChI=1S/C35H35N3O3/c1-25-15-18-32(26(2)21-25)38-33(23-31(36-38)30-17-16-29(40-3)22-34(30)41-4)35(39)37(24-28-13-9-6-10-14-28)20-19-27-11-7-5-8-12-27/h5-18,21-23H,19-20,24H2,1-4H3. The number of ether oxygens (including phenoxy) is 2. The average molecular weight is 546 g/mol. The number of benzene rings is 4. The van der Waals surface area contributed by atoms with Crippen LogP contribution in [0.2, 0.25) is 0 Å². The Hall–Kier alpha value is -4.84. The van der Waals surface area contributed by atoms with E-state index in [2.05, 4.69) is 37.3 Å². The van der Waals surface area contributed by atoms with Crippen LogP contribution in [-0.4, -0.2) is 41.4 Å². The van der Waals surface area contributed by atoms with Gasteiger partial charge in [-0.25, -0.2) is 4.68 Å². The van der Waals surface area contributed by atoms with Crippen molar-refractivity contribution < 1.29 is 14.3 Å². The zero-order valence-corrected chi connectivity index (χ0v) is 24.0. The fourth-order valence-corrected chi connectivity index (χ4v) is 5.03. The minimum absolute atomic E-state index is 0.0870. The molecule has 0 saturated carbocycles. The van der Waals surface area contributed by atoms with Gasteiger partial charge >= 0.3 is 0 Å². The first-order valence-electron chi connectivity index (χ1n) is 13.7. The number of aryl methyl sites for hydroxylation is 2. The molecule has 0 aliphatic rings. The molecule has 0 fully saturated rings. The minimum Gasteiger partial charge on any atom is -0.497 e. The number of rotatable bonds is 10. The van der Waals surface area contributed by atoms with E-state index in [-0.39, 0.29) is 5.91 Å². The smallest absolute Gasteiger partial charge is 0.272 e. The molecule has 0 saturated heterocycles. The highest BCUT2D eigenvalue weighted by atomic mass is 16.5. The Morgan fingerprint density at radius 1 is 0.805 bits per heavy atom. The number of methoxy groups -OCH3 is 2. The van der Waals surface area contributed by atoms with Crippen LogP contribution in [0.4, 0.5) is 0 Å². The van der Waals surface area contributed by atoms with Crippen molar-refractivity contribution in [2.24, 2.45) is 0 Å². The van der Waals surface area contributed by atoms with E-state index in [1.807, 2.05) is 84.6 Å². The van der Waals surface area contributed by atoms with Gasteiger partial charge in [0.25, 0.3) is 5.91 Å². The lowest BCUT2D eigenvalue weighted by Gasteiger charge is -2.24.